The molecule has 78 valence electrons. The molecular formula is C10H21BrOSi. The minimum Gasteiger partial charge on any atom is -0.305 e. The third-order valence-corrected chi connectivity index (χ3v) is 9.06. The Hall–Kier alpha value is 0.367. The van der Waals surface area contributed by atoms with Crippen LogP contribution in [0, 0.1) is 0 Å². The molecule has 3 heteroatoms. The minimum atomic E-state index is -1.71. The number of hydrogen-bond acceptors (Lipinski definition) is 1. The molecule has 0 aliphatic rings. The first-order valence-corrected chi connectivity index (χ1v) is 8.95. The van der Waals surface area contributed by atoms with E-state index < -0.39 is 8.07 Å². The summed E-state index contributed by atoms with van der Waals surface area (Å²) in [6.07, 6.45) is 1.73. The van der Waals surface area contributed by atoms with Crippen molar-refractivity contribution in [1.29, 1.82) is 0 Å². The number of alkyl halides is 1. The summed E-state index contributed by atoms with van der Waals surface area (Å²) < 4.78 is 0. The second-order valence-corrected chi connectivity index (χ2v) is 11.2. The van der Waals surface area contributed by atoms with Crippen LogP contribution in [0.4, 0.5) is 0 Å². The Morgan fingerprint density at radius 2 is 1.77 bits per heavy atom. The fourth-order valence-corrected chi connectivity index (χ4v) is 2.88. The van der Waals surface area contributed by atoms with E-state index in [4.69, 9.17) is 0 Å². The second-order valence-electron chi connectivity index (χ2n) is 5.09. The van der Waals surface area contributed by atoms with Crippen molar-refractivity contribution < 1.29 is 4.79 Å². The van der Waals surface area contributed by atoms with Gasteiger partial charge in [0, 0.05) is 11.8 Å². The zero-order chi connectivity index (χ0) is 10.7. The third-order valence-electron chi connectivity index (χ3n) is 3.11. The van der Waals surface area contributed by atoms with Crippen molar-refractivity contribution in [3.05, 3.63) is 0 Å². The van der Waals surface area contributed by atoms with Crippen LogP contribution in [0.3, 0.4) is 0 Å². The van der Waals surface area contributed by atoms with Crippen LogP contribution in [0.2, 0.25) is 18.1 Å². The summed E-state index contributed by atoms with van der Waals surface area (Å²) in [6, 6.07) is 0. The van der Waals surface area contributed by atoms with Gasteiger partial charge < -0.3 is 4.79 Å². The van der Waals surface area contributed by atoms with Crippen molar-refractivity contribution in [3.63, 3.8) is 0 Å². The SMILES string of the molecule is CC(C)(C)[Si](C)(C)C(=O)CCCBr. The number of rotatable bonds is 4. The van der Waals surface area contributed by atoms with Crippen molar-refractivity contribution >= 4 is 29.4 Å². The molecule has 0 aliphatic carbocycles. The maximum atomic E-state index is 11.9. The third kappa shape index (κ3) is 3.54. The van der Waals surface area contributed by atoms with E-state index in [9.17, 15) is 4.79 Å². The van der Waals surface area contributed by atoms with Gasteiger partial charge in [-0.3, -0.25) is 0 Å². The molecule has 0 radical (unpaired) electrons. The van der Waals surface area contributed by atoms with E-state index >= 15 is 0 Å². The van der Waals surface area contributed by atoms with Gasteiger partial charge in [0.25, 0.3) is 0 Å². The lowest BCUT2D eigenvalue weighted by Crippen LogP contribution is -2.46. The molecule has 0 aromatic heterocycles. The molecule has 0 aliphatic heterocycles. The highest BCUT2D eigenvalue weighted by molar-refractivity contribution is 9.09. The van der Waals surface area contributed by atoms with E-state index in [0.717, 1.165) is 18.2 Å². The van der Waals surface area contributed by atoms with Gasteiger partial charge in [-0.15, -0.1) is 0 Å². The molecule has 0 fully saturated rings. The average Bonchev–Trinajstić information content (AvgIpc) is 1.97. The Kier molecular flexibility index (Phi) is 4.87. The van der Waals surface area contributed by atoms with E-state index in [0.29, 0.717) is 5.41 Å². The molecule has 0 aromatic rings. The van der Waals surface area contributed by atoms with E-state index in [1.165, 1.54) is 0 Å². The van der Waals surface area contributed by atoms with Gasteiger partial charge in [0.1, 0.15) is 13.5 Å². The van der Waals surface area contributed by atoms with Crippen molar-refractivity contribution in [1.82, 2.24) is 0 Å². The van der Waals surface area contributed by atoms with Gasteiger partial charge in [-0.25, -0.2) is 0 Å². The highest BCUT2D eigenvalue weighted by Gasteiger charge is 2.41. The first-order chi connectivity index (χ1) is 5.73. The van der Waals surface area contributed by atoms with Crippen LogP contribution in [-0.2, 0) is 4.79 Å². The number of halogens is 1. The fourth-order valence-electron chi connectivity index (χ4n) is 0.958. The molecule has 0 unspecified atom stereocenters. The summed E-state index contributed by atoms with van der Waals surface area (Å²) in [5.74, 6) is 0. The van der Waals surface area contributed by atoms with Gasteiger partial charge in [-0.05, 0) is 11.5 Å². The standard InChI is InChI=1S/C10H21BrOSi/c1-10(2,3)13(4,5)9(12)7-6-8-11/h6-8H2,1-5H3. The van der Waals surface area contributed by atoms with Crippen LogP contribution in [0.1, 0.15) is 33.6 Å². The van der Waals surface area contributed by atoms with Gasteiger partial charge in [0.2, 0.25) is 0 Å². The fraction of sp³-hybridized carbons (Fsp3) is 0.900. The van der Waals surface area contributed by atoms with Gasteiger partial charge >= 0.3 is 0 Å². The topological polar surface area (TPSA) is 17.1 Å². The molecule has 0 atom stereocenters. The molecule has 0 amide bonds. The molecule has 0 rings (SSSR count). The van der Waals surface area contributed by atoms with Gasteiger partial charge in [-0.2, -0.15) is 0 Å². The number of carbonyl (C=O) groups is 1. The summed E-state index contributed by atoms with van der Waals surface area (Å²) in [7, 11) is -1.71. The minimum absolute atomic E-state index is 0.191. The molecule has 0 saturated heterocycles. The Labute approximate surface area is 91.4 Å². The van der Waals surface area contributed by atoms with Crippen LogP contribution in [0.5, 0.6) is 0 Å². The second kappa shape index (κ2) is 4.74. The first kappa shape index (κ1) is 13.4. The van der Waals surface area contributed by atoms with Crippen LogP contribution in [-0.4, -0.2) is 18.8 Å². The van der Waals surface area contributed by atoms with E-state index in [1.54, 1.807) is 0 Å². The molecule has 0 aromatic carbocycles. The maximum Gasteiger partial charge on any atom is 0.132 e. The van der Waals surface area contributed by atoms with Crippen molar-refractivity contribution in [3.8, 4) is 0 Å². The van der Waals surface area contributed by atoms with Crippen LogP contribution in [0.15, 0.2) is 0 Å². The van der Waals surface area contributed by atoms with E-state index in [-0.39, 0.29) is 5.04 Å². The lowest BCUT2D eigenvalue weighted by molar-refractivity contribution is -0.112. The number of carbonyl (C=O) groups excluding carboxylic acids is 1. The number of hydrogen-bond donors (Lipinski definition) is 0. The highest BCUT2D eigenvalue weighted by Crippen LogP contribution is 2.37. The molecule has 0 N–H and O–H groups in total. The van der Waals surface area contributed by atoms with Crippen LogP contribution in [0.25, 0.3) is 0 Å². The molecule has 0 heterocycles. The molecular weight excluding hydrogens is 244 g/mol. The molecule has 1 nitrogen and oxygen atoms in total. The van der Waals surface area contributed by atoms with Gasteiger partial charge in [-0.1, -0.05) is 49.8 Å². The van der Waals surface area contributed by atoms with E-state index in [2.05, 4.69) is 49.8 Å². The zero-order valence-electron chi connectivity index (χ0n) is 9.41. The van der Waals surface area contributed by atoms with E-state index in [1.807, 2.05) is 0 Å². The molecule has 0 bridgehead atoms. The quantitative estimate of drug-likeness (QED) is 0.558. The Bertz CT molecular complexity index is 182. The van der Waals surface area contributed by atoms with Gasteiger partial charge in [0.15, 0.2) is 0 Å². The normalized spacial score (nSPS) is 13.1. The van der Waals surface area contributed by atoms with Crippen molar-refractivity contribution in [2.75, 3.05) is 5.33 Å². The lowest BCUT2D eigenvalue weighted by atomic mass is 10.2. The Balaban J connectivity index is 4.37. The summed E-state index contributed by atoms with van der Waals surface area (Å²) >= 11 is 3.36. The lowest BCUT2D eigenvalue weighted by Gasteiger charge is -2.35. The predicted octanol–water partition coefficient (Wildman–Crippen LogP) is 3.78. The zero-order valence-corrected chi connectivity index (χ0v) is 12.0. The average molecular weight is 265 g/mol. The maximum absolute atomic E-state index is 11.9. The smallest absolute Gasteiger partial charge is 0.132 e. The predicted molar refractivity (Wildman–Crippen MR) is 65.2 cm³/mol. The molecule has 0 saturated carbocycles. The van der Waals surface area contributed by atoms with Gasteiger partial charge in [0.05, 0.1) is 0 Å². The summed E-state index contributed by atoms with van der Waals surface area (Å²) in [4.78, 5) is 11.9. The molecule has 0 spiro atoms. The van der Waals surface area contributed by atoms with Crippen LogP contribution >= 0.6 is 15.9 Å². The summed E-state index contributed by atoms with van der Waals surface area (Å²) in [6.45, 7) is 10.9. The monoisotopic (exact) mass is 264 g/mol. The van der Waals surface area contributed by atoms with Crippen LogP contribution < -0.4 is 0 Å². The Morgan fingerprint density at radius 1 is 1.31 bits per heavy atom. The Morgan fingerprint density at radius 3 is 2.08 bits per heavy atom. The largest absolute Gasteiger partial charge is 0.305 e. The molecule has 13 heavy (non-hydrogen) atoms. The highest BCUT2D eigenvalue weighted by atomic mass is 79.9. The van der Waals surface area contributed by atoms with Crippen molar-refractivity contribution in [2.45, 2.75) is 51.7 Å². The summed E-state index contributed by atoms with van der Waals surface area (Å²) in [5, 5.41) is 1.64. The summed E-state index contributed by atoms with van der Waals surface area (Å²) in [5.41, 5.74) is 0. The van der Waals surface area contributed by atoms with Crippen molar-refractivity contribution in [2.24, 2.45) is 0 Å². The first-order valence-electron chi connectivity index (χ1n) is 4.82.